The number of likely N-dealkylation sites (N-methyl/N-ethyl adjacent to an activating group) is 1. The molecule has 162 valence electrons. The highest BCUT2D eigenvalue weighted by molar-refractivity contribution is 5.69. The summed E-state index contributed by atoms with van der Waals surface area (Å²) in [5, 5.41) is 2.65. The normalized spacial score (nSPS) is 16.7. The van der Waals surface area contributed by atoms with Crippen molar-refractivity contribution in [2.24, 2.45) is 0 Å². The molecule has 0 aromatic rings. The standard InChI is InChI=1S/C23H36N2O4/c1-9-18(11-14-24-16-26)19(10-2)20(17(3)4)28-15-23(12-13-23)25(8)21(27)29-22(5,6)7/h9-10,16,20H,1-3,11-15H2,4-8H3,(H,24,26)/b19-18-/t20-/m0/s1. The molecule has 0 heterocycles. The van der Waals surface area contributed by atoms with Crippen LogP contribution in [0, 0.1) is 0 Å². The molecule has 0 aromatic carbocycles. The molecular formula is C23H36N2O4. The maximum absolute atomic E-state index is 12.5. The van der Waals surface area contributed by atoms with Crippen LogP contribution in [0.15, 0.2) is 48.6 Å². The van der Waals surface area contributed by atoms with Gasteiger partial charge in [-0.25, -0.2) is 4.79 Å². The number of carbonyl (C=O) groups is 2. The average Bonchev–Trinajstić information content (AvgIpc) is 3.41. The molecule has 0 saturated heterocycles. The molecule has 0 bridgehead atoms. The molecule has 0 radical (unpaired) electrons. The van der Waals surface area contributed by atoms with E-state index in [1.807, 2.05) is 27.7 Å². The Labute approximate surface area is 175 Å². The second-order valence-corrected chi connectivity index (χ2v) is 8.51. The molecule has 1 aliphatic rings. The van der Waals surface area contributed by atoms with Crippen molar-refractivity contribution in [1.82, 2.24) is 10.2 Å². The van der Waals surface area contributed by atoms with Crippen LogP contribution >= 0.6 is 0 Å². The minimum Gasteiger partial charge on any atom is -0.444 e. The SMILES string of the molecule is C=C/C(CCNC=O)=C(\C=C)[C@@H](OCC1(N(C)C(=O)OC(C)(C)C)CC1)C(=C)C. The lowest BCUT2D eigenvalue weighted by Crippen LogP contribution is -2.45. The van der Waals surface area contributed by atoms with Crippen LogP contribution in [0.4, 0.5) is 4.79 Å². The second kappa shape index (κ2) is 10.4. The second-order valence-electron chi connectivity index (χ2n) is 8.51. The Morgan fingerprint density at radius 2 is 1.90 bits per heavy atom. The van der Waals surface area contributed by atoms with Crippen LogP contribution < -0.4 is 5.32 Å². The van der Waals surface area contributed by atoms with Gasteiger partial charge in [-0.3, -0.25) is 4.79 Å². The van der Waals surface area contributed by atoms with Gasteiger partial charge in [0, 0.05) is 13.6 Å². The largest absolute Gasteiger partial charge is 0.444 e. The van der Waals surface area contributed by atoms with Crippen molar-refractivity contribution in [3.8, 4) is 0 Å². The maximum atomic E-state index is 12.5. The summed E-state index contributed by atoms with van der Waals surface area (Å²) in [4.78, 5) is 24.6. The van der Waals surface area contributed by atoms with E-state index in [0.717, 1.165) is 29.6 Å². The summed E-state index contributed by atoms with van der Waals surface area (Å²) in [6.45, 7) is 20.2. The number of amides is 2. The molecule has 1 atom stereocenters. The summed E-state index contributed by atoms with van der Waals surface area (Å²) in [5.41, 5.74) is 1.73. The van der Waals surface area contributed by atoms with Crippen molar-refractivity contribution in [3.63, 3.8) is 0 Å². The molecule has 0 aromatic heterocycles. The number of hydrogen-bond donors (Lipinski definition) is 1. The monoisotopic (exact) mass is 404 g/mol. The molecule has 1 rings (SSSR count). The van der Waals surface area contributed by atoms with Crippen LogP contribution in [0.1, 0.15) is 47.0 Å². The van der Waals surface area contributed by atoms with E-state index in [2.05, 4.69) is 25.1 Å². The predicted octanol–water partition coefficient (Wildman–Crippen LogP) is 4.15. The highest BCUT2D eigenvalue weighted by atomic mass is 16.6. The van der Waals surface area contributed by atoms with Gasteiger partial charge in [-0.15, -0.1) is 0 Å². The number of nitrogens with zero attached hydrogens (tertiary/aromatic N) is 1. The van der Waals surface area contributed by atoms with Crippen LogP contribution in [0.5, 0.6) is 0 Å². The fourth-order valence-electron chi connectivity index (χ4n) is 3.02. The van der Waals surface area contributed by atoms with Crippen molar-refractivity contribution in [3.05, 3.63) is 48.6 Å². The number of hydrogen-bond acceptors (Lipinski definition) is 4. The van der Waals surface area contributed by atoms with Crippen molar-refractivity contribution in [2.45, 2.75) is 64.2 Å². The van der Waals surface area contributed by atoms with E-state index in [4.69, 9.17) is 9.47 Å². The molecule has 1 fully saturated rings. The molecule has 0 unspecified atom stereocenters. The summed E-state index contributed by atoms with van der Waals surface area (Å²) in [7, 11) is 1.75. The van der Waals surface area contributed by atoms with Gasteiger partial charge >= 0.3 is 6.09 Å². The van der Waals surface area contributed by atoms with E-state index >= 15 is 0 Å². The molecule has 29 heavy (non-hydrogen) atoms. The van der Waals surface area contributed by atoms with Gasteiger partial charge in [0.05, 0.1) is 12.1 Å². The first-order chi connectivity index (χ1) is 13.5. The minimum absolute atomic E-state index is 0.350. The zero-order chi connectivity index (χ0) is 22.2. The van der Waals surface area contributed by atoms with Crippen LogP contribution in [-0.4, -0.2) is 54.8 Å². The maximum Gasteiger partial charge on any atom is 0.410 e. The van der Waals surface area contributed by atoms with Gasteiger partial charge in [0.1, 0.15) is 11.7 Å². The Kier molecular flexibility index (Phi) is 8.89. The Hall–Kier alpha value is -2.34. The summed E-state index contributed by atoms with van der Waals surface area (Å²) in [5.74, 6) is 0. The summed E-state index contributed by atoms with van der Waals surface area (Å²) in [6, 6.07) is 0. The quantitative estimate of drug-likeness (QED) is 0.230. The topological polar surface area (TPSA) is 67.9 Å². The third kappa shape index (κ3) is 7.20. The van der Waals surface area contributed by atoms with E-state index in [-0.39, 0.29) is 17.7 Å². The molecule has 6 nitrogen and oxygen atoms in total. The number of carbonyl (C=O) groups excluding carboxylic acids is 2. The summed E-state index contributed by atoms with van der Waals surface area (Å²) in [6.07, 6.45) is 5.77. The molecule has 0 spiro atoms. The smallest absolute Gasteiger partial charge is 0.410 e. The van der Waals surface area contributed by atoms with Crippen molar-refractivity contribution in [2.75, 3.05) is 20.2 Å². The van der Waals surface area contributed by atoms with E-state index < -0.39 is 5.60 Å². The van der Waals surface area contributed by atoms with Gasteiger partial charge in [0.2, 0.25) is 6.41 Å². The molecule has 1 N–H and O–H groups in total. The van der Waals surface area contributed by atoms with E-state index in [1.165, 1.54) is 0 Å². The minimum atomic E-state index is -0.546. The Bertz CT molecular complexity index is 669. The lowest BCUT2D eigenvalue weighted by atomic mass is 9.96. The predicted molar refractivity (Wildman–Crippen MR) is 117 cm³/mol. The van der Waals surface area contributed by atoms with Gasteiger partial charge in [-0.05, 0) is 63.7 Å². The Balaban J connectivity index is 2.94. The Morgan fingerprint density at radius 1 is 1.28 bits per heavy atom. The van der Waals surface area contributed by atoms with E-state index in [0.29, 0.717) is 26.0 Å². The average molecular weight is 405 g/mol. The van der Waals surface area contributed by atoms with Gasteiger partial charge in [0.15, 0.2) is 0 Å². The molecule has 0 aliphatic heterocycles. The number of nitrogens with one attached hydrogen (secondary N) is 1. The lowest BCUT2D eigenvalue weighted by Gasteiger charge is -2.32. The zero-order valence-electron chi connectivity index (χ0n) is 18.5. The third-order valence-electron chi connectivity index (χ3n) is 4.91. The highest BCUT2D eigenvalue weighted by Gasteiger charge is 2.50. The van der Waals surface area contributed by atoms with Crippen molar-refractivity contribution in [1.29, 1.82) is 0 Å². The summed E-state index contributed by atoms with van der Waals surface area (Å²) < 4.78 is 11.8. The number of ether oxygens (including phenoxy) is 2. The lowest BCUT2D eigenvalue weighted by molar-refractivity contribution is -0.109. The van der Waals surface area contributed by atoms with Gasteiger partial charge < -0.3 is 19.7 Å². The molecular weight excluding hydrogens is 368 g/mol. The van der Waals surface area contributed by atoms with E-state index in [9.17, 15) is 9.59 Å². The van der Waals surface area contributed by atoms with Crippen LogP contribution in [0.25, 0.3) is 0 Å². The first-order valence-corrected chi connectivity index (χ1v) is 9.90. The van der Waals surface area contributed by atoms with Gasteiger partial charge in [-0.2, -0.15) is 0 Å². The fraction of sp³-hybridized carbons (Fsp3) is 0.565. The van der Waals surface area contributed by atoms with Gasteiger partial charge in [-0.1, -0.05) is 31.9 Å². The van der Waals surface area contributed by atoms with Crippen LogP contribution in [0.3, 0.4) is 0 Å². The fourth-order valence-corrected chi connectivity index (χ4v) is 3.02. The molecule has 1 saturated carbocycles. The third-order valence-corrected chi connectivity index (χ3v) is 4.91. The molecule has 1 aliphatic carbocycles. The van der Waals surface area contributed by atoms with Crippen LogP contribution in [0.2, 0.25) is 0 Å². The number of rotatable bonds is 12. The first-order valence-electron chi connectivity index (χ1n) is 9.90. The summed E-state index contributed by atoms with van der Waals surface area (Å²) >= 11 is 0. The molecule has 2 amide bonds. The molecule has 6 heteroatoms. The van der Waals surface area contributed by atoms with E-state index in [1.54, 1.807) is 24.1 Å². The Morgan fingerprint density at radius 3 is 2.31 bits per heavy atom. The van der Waals surface area contributed by atoms with Crippen LogP contribution in [-0.2, 0) is 14.3 Å². The van der Waals surface area contributed by atoms with Crippen molar-refractivity contribution < 1.29 is 19.1 Å². The highest BCUT2D eigenvalue weighted by Crippen LogP contribution is 2.42. The zero-order valence-corrected chi connectivity index (χ0v) is 18.5. The van der Waals surface area contributed by atoms with Gasteiger partial charge in [0.25, 0.3) is 0 Å². The van der Waals surface area contributed by atoms with Crippen molar-refractivity contribution >= 4 is 12.5 Å². The first kappa shape index (κ1) is 24.7. The number of allylic oxidation sites excluding steroid dienone is 1.